The Bertz CT molecular complexity index is 645. The van der Waals surface area contributed by atoms with Crippen LogP contribution in [-0.2, 0) is 9.59 Å². The van der Waals surface area contributed by atoms with E-state index >= 15 is 0 Å². The van der Waals surface area contributed by atoms with E-state index in [1.165, 1.54) is 6.42 Å². The Morgan fingerprint density at radius 2 is 1.79 bits per heavy atom. The van der Waals surface area contributed by atoms with E-state index in [-0.39, 0.29) is 29.3 Å². The molecule has 9 atom stereocenters. The second kappa shape index (κ2) is 7.11. The summed E-state index contributed by atoms with van der Waals surface area (Å²) in [6.07, 6.45) is 8.81. The van der Waals surface area contributed by atoms with Gasteiger partial charge in [0, 0.05) is 18.8 Å². The van der Waals surface area contributed by atoms with Crippen LogP contribution in [0, 0.1) is 46.3 Å². The van der Waals surface area contributed by atoms with Crippen molar-refractivity contribution in [1.29, 1.82) is 0 Å². The Kier molecular flexibility index (Phi) is 5.17. The molecule has 0 aliphatic heterocycles. The first kappa shape index (κ1) is 20.4. The van der Waals surface area contributed by atoms with Gasteiger partial charge in [-0.05, 0) is 91.8 Å². The zero-order valence-electron chi connectivity index (χ0n) is 17.8. The zero-order chi connectivity index (χ0) is 20.3. The lowest BCUT2D eigenvalue weighted by Crippen LogP contribution is -2.57. The van der Waals surface area contributed by atoms with Crippen LogP contribution in [0.2, 0.25) is 0 Å². The summed E-state index contributed by atoms with van der Waals surface area (Å²) in [6, 6.07) is 0. The Balaban J connectivity index is 1.56. The molecule has 0 aromatic carbocycles. The molecule has 0 spiro atoms. The molecule has 0 radical (unpaired) electrons. The Morgan fingerprint density at radius 1 is 1.11 bits per heavy atom. The van der Waals surface area contributed by atoms with Crippen molar-refractivity contribution in [2.24, 2.45) is 46.3 Å². The fraction of sp³-hybridized carbons (Fsp3) is 0.917. The molecule has 2 unspecified atom stereocenters. The lowest BCUT2D eigenvalue weighted by Gasteiger charge is -2.60. The molecule has 4 heteroatoms. The summed E-state index contributed by atoms with van der Waals surface area (Å²) in [5.41, 5.74) is 0.401. The number of fused-ring (bicyclic) bond motifs is 5. The number of aliphatic hydroxyl groups is 1. The second-order valence-corrected chi connectivity index (χ2v) is 11.2. The number of carboxylic acid groups (broad SMARTS) is 1. The number of rotatable bonds is 4. The summed E-state index contributed by atoms with van der Waals surface area (Å²) in [5, 5.41) is 19.3. The van der Waals surface area contributed by atoms with Gasteiger partial charge >= 0.3 is 5.97 Å². The Labute approximate surface area is 169 Å². The average molecular weight is 391 g/mol. The highest BCUT2D eigenvalue weighted by molar-refractivity contribution is 5.83. The Hall–Kier alpha value is -0.900. The van der Waals surface area contributed by atoms with Crippen molar-refractivity contribution in [2.45, 2.75) is 91.1 Å². The summed E-state index contributed by atoms with van der Waals surface area (Å²) in [4.78, 5) is 24.4. The van der Waals surface area contributed by atoms with Gasteiger partial charge in [0.2, 0.25) is 0 Å². The smallest absolute Gasteiger partial charge is 0.303 e. The highest BCUT2D eigenvalue weighted by atomic mass is 16.4. The normalized spacial score (nSPS) is 49.1. The first-order valence-electron chi connectivity index (χ1n) is 11.6. The van der Waals surface area contributed by atoms with Gasteiger partial charge in [-0.25, -0.2) is 0 Å². The summed E-state index contributed by atoms with van der Waals surface area (Å²) in [7, 11) is 0. The quantitative estimate of drug-likeness (QED) is 0.730. The number of aliphatic carboxylic acids is 1. The minimum atomic E-state index is -0.698. The van der Waals surface area contributed by atoms with Crippen molar-refractivity contribution in [3.8, 4) is 0 Å². The highest BCUT2D eigenvalue weighted by Gasteiger charge is 2.62. The zero-order valence-corrected chi connectivity index (χ0v) is 17.8. The van der Waals surface area contributed by atoms with Crippen molar-refractivity contribution in [2.75, 3.05) is 0 Å². The third kappa shape index (κ3) is 3.05. The maximum Gasteiger partial charge on any atom is 0.303 e. The topological polar surface area (TPSA) is 74.6 Å². The van der Waals surface area contributed by atoms with Crippen molar-refractivity contribution in [1.82, 2.24) is 0 Å². The molecule has 4 aliphatic rings. The molecule has 0 saturated heterocycles. The predicted octanol–water partition coefficient (Wildman–Crippen LogP) is 4.69. The maximum atomic E-state index is 13.3. The van der Waals surface area contributed by atoms with Gasteiger partial charge in [-0.2, -0.15) is 0 Å². The first-order valence-corrected chi connectivity index (χ1v) is 11.6. The van der Waals surface area contributed by atoms with Crippen molar-refractivity contribution >= 4 is 11.8 Å². The molecular formula is C24H38O4. The molecule has 2 N–H and O–H groups in total. The van der Waals surface area contributed by atoms with E-state index in [0.717, 1.165) is 44.9 Å². The van der Waals surface area contributed by atoms with Crippen LogP contribution in [-0.4, -0.2) is 28.1 Å². The minimum absolute atomic E-state index is 0.187. The van der Waals surface area contributed by atoms with Gasteiger partial charge < -0.3 is 10.2 Å². The molecule has 4 fully saturated rings. The van der Waals surface area contributed by atoms with Gasteiger partial charge in [0.05, 0.1) is 6.10 Å². The number of ketones is 1. The van der Waals surface area contributed by atoms with E-state index in [9.17, 15) is 14.7 Å². The van der Waals surface area contributed by atoms with E-state index in [0.29, 0.717) is 41.8 Å². The first-order chi connectivity index (χ1) is 13.2. The van der Waals surface area contributed by atoms with Gasteiger partial charge in [-0.3, -0.25) is 9.59 Å². The molecule has 0 aromatic rings. The summed E-state index contributed by atoms with van der Waals surface area (Å²) < 4.78 is 0. The number of hydrogen-bond donors (Lipinski definition) is 2. The number of hydrogen-bond acceptors (Lipinski definition) is 3. The molecule has 4 rings (SSSR count). The molecule has 0 heterocycles. The average Bonchev–Trinajstić information content (AvgIpc) is 2.98. The summed E-state index contributed by atoms with van der Waals surface area (Å²) in [5.74, 6) is 2.25. The van der Waals surface area contributed by atoms with Gasteiger partial charge in [-0.15, -0.1) is 0 Å². The second-order valence-electron chi connectivity index (χ2n) is 11.2. The van der Waals surface area contributed by atoms with Crippen LogP contribution in [0.15, 0.2) is 0 Å². The van der Waals surface area contributed by atoms with E-state index in [2.05, 4.69) is 20.8 Å². The molecule has 4 saturated carbocycles. The van der Waals surface area contributed by atoms with E-state index < -0.39 is 5.97 Å². The van der Waals surface area contributed by atoms with Crippen LogP contribution in [0.1, 0.15) is 85.0 Å². The number of carbonyl (C=O) groups is 2. The maximum absolute atomic E-state index is 13.3. The number of carboxylic acids is 1. The number of carbonyl (C=O) groups excluding carboxylic acids is 1. The SMILES string of the molecule is C[C@H](CCC(=O)O)[C@H]1CC[C@H]2C3C(=O)C[C@@H]4C[C@H](O)CC[C@]4(C)C3CC[C@]12C. The number of Topliss-reactive ketones (excluding diaryl/α,β-unsaturated/α-hetero) is 1. The fourth-order valence-corrected chi connectivity index (χ4v) is 8.44. The van der Waals surface area contributed by atoms with Crippen molar-refractivity contribution in [3.05, 3.63) is 0 Å². The summed E-state index contributed by atoms with van der Waals surface area (Å²) >= 11 is 0. The lowest BCUT2D eigenvalue weighted by molar-refractivity contribution is -0.160. The van der Waals surface area contributed by atoms with Gasteiger partial charge in [0.15, 0.2) is 0 Å². The molecule has 4 nitrogen and oxygen atoms in total. The standard InChI is InChI=1S/C24H38O4/c1-14(4-7-21(27)28)17-5-6-18-22-19(9-11-24(17,18)3)23(2)10-8-16(25)12-15(23)13-20(22)26/h14-19,22,25H,4-13H2,1-3H3,(H,27,28)/t14-,15+,16-,17-,18+,19?,22?,23+,24-/m1/s1. The fourth-order valence-electron chi connectivity index (χ4n) is 8.44. The van der Waals surface area contributed by atoms with Crippen LogP contribution >= 0.6 is 0 Å². The van der Waals surface area contributed by atoms with Crippen molar-refractivity contribution < 1.29 is 19.8 Å². The van der Waals surface area contributed by atoms with Gasteiger partial charge in [0.25, 0.3) is 0 Å². The lowest BCUT2D eigenvalue weighted by atomic mass is 9.44. The van der Waals surface area contributed by atoms with Crippen LogP contribution < -0.4 is 0 Å². The van der Waals surface area contributed by atoms with Crippen LogP contribution in [0.4, 0.5) is 0 Å². The van der Waals surface area contributed by atoms with Gasteiger partial charge in [-0.1, -0.05) is 20.8 Å². The molecule has 4 aliphatic carbocycles. The third-order valence-corrected chi connectivity index (χ3v) is 10.0. The Morgan fingerprint density at radius 3 is 2.50 bits per heavy atom. The predicted molar refractivity (Wildman–Crippen MR) is 108 cm³/mol. The molecule has 28 heavy (non-hydrogen) atoms. The molecule has 158 valence electrons. The van der Waals surface area contributed by atoms with Crippen LogP contribution in [0.5, 0.6) is 0 Å². The molecule has 0 aromatic heterocycles. The molecule has 0 bridgehead atoms. The van der Waals surface area contributed by atoms with Crippen molar-refractivity contribution in [3.63, 3.8) is 0 Å². The summed E-state index contributed by atoms with van der Waals surface area (Å²) in [6.45, 7) is 7.06. The minimum Gasteiger partial charge on any atom is -0.481 e. The third-order valence-electron chi connectivity index (χ3n) is 10.0. The molecular weight excluding hydrogens is 352 g/mol. The van der Waals surface area contributed by atoms with E-state index in [1.54, 1.807) is 0 Å². The van der Waals surface area contributed by atoms with E-state index in [1.807, 2.05) is 0 Å². The highest BCUT2D eigenvalue weighted by Crippen LogP contribution is 2.67. The van der Waals surface area contributed by atoms with E-state index in [4.69, 9.17) is 5.11 Å². The monoisotopic (exact) mass is 390 g/mol. The van der Waals surface area contributed by atoms with Gasteiger partial charge in [0.1, 0.15) is 5.78 Å². The van der Waals surface area contributed by atoms with Crippen LogP contribution in [0.25, 0.3) is 0 Å². The van der Waals surface area contributed by atoms with Crippen LogP contribution in [0.3, 0.4) is 0 Å². The molecule has 0 amide bonds. The largest absolute Gasteiger partial charge is 0.481 e. The number of aliphatic hydroxyl groups excluding tert-OH is 1.